The van der Waals surface area contributed by atoms with Crippen LogP contribution in [0.5, 0.6) is 0 Å². The molecule has 1 fully saturated rings. The van der Waals surface area contributed by atoms with Gasteiger partial charge in [0.25, 0.3) is 5.70 Å². The molecule has 1 aliphatic rings. The summed E-state index contributed by atoms with van der Waals surface area (Å²) < 4.78 is 0. The average molecular weight is 245 g/mol. The van der Waals surface area contributed by atoms with E-state index in [1.165, 1.54) is 0 Å². The van der Waals surface area contributed by atoms with Gasteiger partial charge in [-0.2, -0.15) is 5.26 Å². The summed E-state index contributed by atoms with van der Waals surface area (Å²) in [6.45, 7) is 6.95. The van der Waals surface area contributed by atoms with Crippen molar-refractivity contribution in [1.82, 2.24) is 0 Å². The maximum Gasteiger partial charge on any atom is 0.262 e. The van der Waals surface area contributed by atoms with E-state index in [9.17, 15) is 0 Å². The molecule has 2 N–H and O–H groups in total. The SMILES string of the molecule is [C-]#[N+]/C(C#N)=C(/CC#N)C1CCC(C(O)O)CC1. The second-order valence-corrected chi connectivity index (χ2v) is 4.46. The number of allylic oxidation sites excluding steroid dienone is 2. The van der Waals surface area contributed by atoms with Gasteiger partial charge in [0.15, 0.2) is 6.29 Å². The van der Waals surface area contributed by atoms with E-state index in [2.05, 4.69) is 4.85 Å². The van der Waals surface area contributed by atoms with Crippen LogP contribution < -0.4 is 0 Å². The van der Waals surface area contributed by atoms with Crippen molar-refractivity contribution in [2.75, 3.05) is 0 Å². The first-order valence-corrected chi connectivity index (χ1v) is 5.87. The third-order valence-corrected chi connectivity index (χ3v) is 3.48. The standard InChI is InChI=1S/C13H15N3O2/c1-16-12(8-15)11(6-7-14)9-2-4-10(5-3-9)13(17)18/h9-10,13,17-18H,2-6H2/b12-11-. The largest absolute Gasteiger partial charge is 0.368 e. The van der Waals surface area contributed by atoms with Crippen molar-refractivity contribution in [1.29, 1.82) is 10.5 Å². The summed E-state index contributed by atoms with van der Waals surface area (Å²) >= 11 is 0. The number of nitrogens with zero attached hydrogens (tertiary/aromatic N) is 3. The van der Waals surface area contributed by atoms with Gasteiger partial charge in [0.05, 0.1) is 18.7 Å². The van der Waals surface area contributed by atoms with Crippen molar-refractivity contribution in [3.05, 3.63) is 22.7 Å². The maximum absolute atomic E-state index is 9.10. The van der Waals surface area contributed by atoms with Crippen LogP contribution in [0.4, 0.5) is 0 Å². The molecule has 0 aromatic rings. The van der Waals surface area contributed by atoms with E-state index < -0.39 is 6.29 Å². The lowest BCUT2D eigenvalue weighted by atomic mass is 9.77. The Morgan fingerprint density at radius 2 is 1.89 bits per heavy atom. The summed E-state index contributed by atoms with van der Waals surface area (Å²) in [4.78, 5) is 3.17. The summed E-state index contributed by atoms with van der Waals surface area (Å²) in [5.41, 5.74) is 0.630. The fraction of sp³-hybridized carbons (Fsp3) is 0.615. The Balaban J connectivity index is 2.82. The van der Waals surface area contributed by atoms with Gasteiger partial charge in [-0.05, 0) is 37.2 Å². The van der Waals surface area contributed by atoms with Crippen LogP contribution in [-0.2, 0) is 0 Å². The van der Waals surface area contributed by atoms with Gasteiger partial charge in [-0.3, -0.25) is 0 Å². The molecule has 94 valence electrons. The van der Waals surface area contributed by atoms with Crippen LogP contribution in [0.15, 0.2) is 11.3 Å². The highest BCUT2D eigenvalue weighted by Crippen LogP contribution is 2.36. The Kier molecular flexibility index (Phi) is 5.33. The third-order valence-electron chi connectivity index (χ3n) is 3.48. The number of hydrogen-bond donors (Lipinski definition) is 2. The van der Waals surface area contributed by atoms with Crippen molar-refractivity contribution >= 4 is 0 Å². The minimum absolute atomic E-state index is 0.0181. The Morgan fingerprint density at radius 1 is 1.28 bits per heavy atom. The van der Waals surface area contributed by atoms with Crippen LogP contribution >= 0.6 is 0 Å². The maximum atomic E-state index is 9.10. The highest BCUT2D eigenvalue weighted by molar-refractivity contribution is 5.36. The number of rotatable bonds is 3. The zero-order valence-corrected chi connectivity index (χ0v) is 10.0. The Morgan fingerprint density at radius 3 is 2.28 bits per heavy atom. The second kappa shape index (κ2) is 6.77. The molecule has 0 amide bonds. The average Bonchev–Trinajstić information content (AvgIpc) is 2.39. The van der Waals surface area contributed by atoms with E-state index >= 15 is 0 Å². The van der Waals surface area contributed by atoms with Gasteiger partial charge >= 0.3 is 0 Å². The lowest BCUT2D eigenvalue weighted by molar-refractivity contribution is -0.0948. The van der Waals surface area contributed by atoms with E-state index in [-0.39, 0.29) is 24.0 Å². The summed E-state index contributed by atoms with van der Waals surface area (Å²) in [6.07, 6.45) is 1.48. The molecule has 0 unspecified atom stereocenters. The molecule has 1 aliphatic carbocycles. The molecule has 0 aromatic heterocycles. The van der Waals surface area contributed by atoms with Gasteiger partial charge in [-0.25, -0.2) is 10.1 Å². The lowest BCUT2D eigenvalue weighted by Crippen LogP contribution is -2.26. The van der Waals surface area contributed by atoms with Crippen LogP contribution in [0.1, 0.15) is 32.1 Å². The molecular weight excluding hydrogens is 230 g/mol. The van der Waals surface area contributed by atoms with Crippen molar-refractivity contribution in [3.63, 3.8) is 0 Å². The topological polar surface area (TPSA) is 92.4 Å². The fourth-order valence-corrected chi connectivity index (χ4v) is 2.44. The highest BCUT2D eigenvalue weighted by Gasteiger charge is 2.28. The van der Waals surface area contributed by atoms with E-state index in [1.54, 1.807) is 0 Å². The van der Waals surface area contributed by atoms with Crippen LogP contribution in [0.25, 0.3) is 4.85 Å². The van der Waals surface area contributed by atoms with Gasteiger partial charge in [0.2, 0.25) is 0 Å². The highest BCUT2D eigenvalue weighted by atomic mass is 16.5. The first kappa shape index (κ1) is 14.2. The molecule has 5 heteroatoms. The molecule has 0 heterocycles. The predicted octanol–water partition coefficient (Wildman–Crippen LogP) is 1.71. The van der Waals surface area contributed by atoms with Crippen molar-refractivity contribution in [3.8, 4) is 12.1 Å². The number of hydrogen-bond acceptors (Lipinski definition) is 4. The van der Waals surface area contributed by atoms with Crippen LogP contribution in [0, 0.1) is 41.1 Å². The number of nitriles is 2. The van der Waals surface area contributed by atoms with Crippen molar-refractivity contribution in [2.45, 2.75) is 38.4 Å². The second-order valence-electron chi connectivity index (χ2n) is 4.46. The normalized spacial score (nSPS) is 24.7. The van der Waals surface area contributed by atoms with Gasteiger partial charge < -0.3 is 10.2 Å². The predicted molar refractivity (Wildman–Crippen MR) is 63.1 cm³/mol. The van der Waals surface area contributed by atoms with Gasteiger partial charge in [0, 0.05) is 12.3 Å². The molecule has 0 radical (unpaired) electrons. The Hall–Kier alpha value is -1.87. The molecule has 0 bridgehead atoms. The monoisotopic (exact) mass is 245 g/mol. The first-order chi connectivity index (χ1) is 8.63. The summed E-state index contributed by atoms with van der Waals surface area (Å²) in [6, 6.07) is 3.84. The lowest BCUT2D eigenvalue weighted by Gasteiger charge is -2.30. The van der Waals surface area contributed by atoms with Crippen molar-refractivity contribution < 1.29 is 10.2 Å². The van der Waals surface area contributed by atoms with E-state index in [0.29, 0.717) is 31.3 Å². The molecule has 0 aliphatic heterocycles. The molecule has 0 saturated heterocycles. The fourth-order valence-electron chi connectivity index (χ4n) is 2.44. The molecular formula is C13H15N3O2. The van der Waals surface area contributed by atoms with Crippen LogP contribution in [-0.4, -0.2) is 16.5 Å². The third kappa shape index (κ3) is 3.31. The number of aliphatic hydroxyl groups excluding tert-OH is 1. The molecule has 1 saturated carbocycles. The first-order valence-electron chi connectivity index (χ1n) is 5.87. The summed E-state index contributed by atoms with van der Waals surface area (Å²) in [5.74, 6) is -0.0912. The van der Waals surface area contributed by atoms with Gasteiger partial charge in [0.1, 0.15) is 0 Å². The van der Waals surface area contributed by atoms with Crippen molar-refractivity contribution in [2.24, 2.45) is 11.8 Å². The molecule has 1 rings (SSSR count). The smallest absolute Gasteiger partial charge is 0.262 e. The summed E-state index contributed by atoms with van der Waals surface area (Å²) in [5, 5.41) is 35.8. The minimum atomic E-state index is -1.30. The zero-order chi connectivity index (χ0) is 13.5. The Bertz CT molecular complexity index is 424. The molecule has 18 heavy (non-hydrogen) atoms. The molecule has 0 aromatic carbocycles. The van der Waals surface area contributed by atoms with Crippen LogP contribution in [0.2, 0.25) is 0 Å². The molecule has 0 atom stereocenters. The summed E-state index contributed by atoms with van der Waals surface area (Å²) in [7, 11) is 0. The quantitative estimate of drug-likeness (QED) is 0.449. The van der Waals surface area contributed by atoms with E-state index in [1.807, 2.05) is 12.1 Å². The van der Waals surface area contributed by atoms with E-state index in [0.717, 1.165) is 0 Å². The minimum Gasteiger partial charge on any atom is -0.368 e. The Labute approximate surface area is 106 Å². The molecule has 5 nitrogen and oxygen atoms in total. The number of aliphatic hydroxyl groups is 2. The van der Waals surface area contributed by atoms with Gasteiger partial charge in [-0.15, -0.1) is 0 Å². The molecule has 0 spiro atoms. The van der Waals surface area contributed by atoms with Crippen LogP contribution in [0.3, 0.4) is 0 Å². The zero-order valence-electron chi connectivity index (χ0n) is 10.0. The van der Waals surface area contributed by atoms with E-state index in [4.69, 9.17) is 27.3 Å². The van der Waals surface area contributed by atoms with Gasteiger partial charge in [-0.1, -0.05) is 0 Å².